The van der Waals surface area contributed by atoms with Crippen LogP contribution in [0, 0.1) is 5.92 Å². The summed E-state index contributed by atoms with van der Waals surface area (Å²) in [7, 11) is -6.89. The van der Waals surface area contributed by atoms with E-state index in [9.17, 15) is 16.8 Å². The highest BCUT2D eigenvalue weighted by Crippen LogP contribution is 2.20. The summed E-state index contributed by atoms with van der Waals surface area (Å²) in [6.07, 6.45) is 0.811. The Hall–Kier alpha value is -0.140. The number of rotatable bonds is 5. The molecule has 1 heterocycles. The predicted octanol–water partition coefficient (Wildman–Crippen LogP) is 0.566. The first-order chi connectivity index (χ1) is 7.23. The van der Waals surface area contributed by atoms with E-state index in [1.807, 2.05) is 13.8 Å². The monoisotopic (exact) mass is 270 g/mol. The Morgan fingerprint density at radius 2 is 2.00 bits per heavy atom. The van der Waals surface area contributed by atoms with Gasteiger partial charge in [-0.3, -0.25) is 4.18 Å². The smallest absolute Gasteiger partial charge is 0.270 e. The van der Waals surface area contributed by atoms with Crippen molar-refractivity contribution < 1.29 is 21.0 Å². The van der Waals surface area contributed by atoms with Gasteiger partial charge in [0.05, 0.1) is 18.1 Å². The third kappa shape index (κ3) is 4.03. The SMILES string of the molecule is CC(C)CCOS(=O)(=O)[C@H]1CCS(=O)(=O)C1. The Morgan fingerprint density at radius 3 is 2.44 bits per heavy atom. The molecule has 1 atom stereocenters. The van der Waals surface area contributed by atoms with Crippen LogP contribution in [-0.2, 0) is 24.1 Å². The van der Waals surface area contributed by atoms with Crippen LogP contribution in [-0.4, -0.2) is 40.2 Å². The lowest BCUT2D eigenvalue weighted by Crippen LogP contribution is -2.25. The zero-order valence-electron chi connectivity index (χ0n) is 9.55. The maximum absolute atomic E-state index is 11.6. The Balaban J connectivity index is 2.52. The van der Waals surface area contributed by atoms with Gasteiger partial charge in [-0.25, -0.2) is 8.42 Å². The van der Waals surface area contributed by atoms with Crippen LogP contribution in [0.5, 0.6) is 0 Å². The molecule has 16 heavy (non-hydrogen) atoms. The molecular formula is C9H18O5S2. The van der Waals surface area contributed by atoms with Crippen LogP contribution >= 0.6 is 0 Å². The lowest BCUT2D eigenvalue weighted by Gasteiger charge is -2.10. The molecule has 0 radical (unpaired) electrons. The van der Waals surface area contributed by atoms with E-state index in [0.29, 0.717) is 12.3 Å². The molecule has 0 saturated carbocycles. The van der Waals surface area contributed by atoms with Crippen molar-refractivity contribution in [3.63, 3.8) is 0 Å². The number of hydrogen-bond acceptors (Lipinski definition) is 5. The molecule has 7 heteroatoms. The fourth-order valence-corrected chi connectivity index (χ4v) is 5.39. The van der Waals surface area contributed by atoms with Gasteiger partial charge in [0, 0.05) is 0 Å². The first-order valence-corrected chi connectivity index (χ1v) is 8.61. The topological polar surface area (TPSA) is 77.5 Å². The van der Waals surface area contributed by atoms with Crippen molar-refractivity contribution >= 4 is 20.0 Å². The molecule has 1 aliphatic heterocycles. The molecule has 96 valence electrons. The van der Waals surface area contributed by atoms with Crippen LogP contribution in [0.2, 0.25) is 0 Å². The molecule has 0 aliphatic carbocycles. The summed E-state index contributed by atoms with van der Waals surface area (Å²) < 4.78 is 50.4. The van der Waals surface area contributed by atoms with Gasteiger partial charge in [0.25, 0.3) is 10.1 Å². The minimum absolute atomic E-state index is 0.0512. The second-order valence-corrected chi connectivity index (χ2v) is 8.64. The summed E-state index contributed by atoms with van der Waals surface area (Å²) in [4.78, 5) is 0. The van der Waals surface area contributed by atoms with Crippen molar-refractivity contribution in [3.05, 3.63) is 0 Å². The number of sulfone groups is 1. The minimum atomic E-state index is -3.71. The van der Waals surface area contributed by atoms with Crippen molar-refractivity contribution in [2.24, 2.45) is 5.92 Å². The van der Waals surface area contributed by atoms with Gasteiger partial charge in [-0.1, -0.05) is 13.8 Å². The van der Waals surface area contributed by atoms with Gasteiger partial charge in [0.2, 0.25) is 0 Å². The predicted molar refractivity (Wildman–Crippen MR) is 61.4 cm³/mol. The number of hydrogen-bond donors (Lipinski definition) is 0. The summed E-state index contributed by atoms with van der Waals surface area (Å²) in [5, 5.41) is -0.871. The van der Waals surface area contributed by atoms with Gasteiger partial charge < -0.3 is 0 Å². The minimum Gasteiger partial charge on any atom is -0.270 e. The standard InChI is InChI=1S/C9H18O5S2/c1-8(2)3-5-14-16(12,13)9-4-6-15(10,11)7-9/h8-9H,3-7H2,1-2H3/t9-/m0/s1. The molecule has 0 aromatic rings. The first-order valence-electron chi connectivity index (χ1n) is 5.31. The highest BCUT2D eigenvalue weighted by Gasteiger charge is 2.37. The maximum Gasteiger partial charge on any atom is 0.271 e. The van der Waals surface area contributed by atoms with E-state index in [1.165, 1.54) is 0 Å². The van der Waals surface area contributed by atoms with Crippen molar-refractivity contribution in [1.29, 1.82) is 0 Å². The molecule has 1 saturated heterocycles. The Morgan fingerprint density at radius 1 is 1.38 bits per heavy atom. The summed E-state index contributed by atoms with van der Waals surface area (Å²) in [5.74, 6) is 0.0177. The van der Waals surface area contributed by atoms with Gasteiger partial charge >= 0.3 is 0 Å². The Bertz CT molecular complexity index is 421. The Kier molecular flexibility index (Phi) is 4.36. The quantitative estimate of drug-likeness (QED) is 0.682. The molecule has 1 fully saturated rings. The lowest BCUT2D eigenvalue weighted by molar-refractivity contribution is 0.288. The van der Waals surface area contributed by atoms with Crippen molar-refractivity contribution in [3.8, 4) is 0 Å². The van der Waals surface area contributed by atoms with E-state index in [2.05, 4.69) is 0 Å². The van der Waals surface area contributed by atoms with Gasteiger partial charge in [-0.15, -0.1) is 0 Å². The molecule has 0 unspecified atom stereocenters. The van der Waals surface area contributed by atoms with E-state index in [4.69, 9.17) is 4.18 Å². The van der Waals surface area contributed by atoms with E-state index in [1.54, 1.807) is 0 Å². The molecule has 0 aromatic carbocycles. The van der Waals surface area contributed by atoms with Crippen LogP contribution in [0.1, 0.15) is 26.7 Å². The van der Waals surface area contributed by atoms with Crippen LogP contribution < -0.4 is 0 Å². The summed E-state index contributed by atoms with van der Waals surface area (Å²) in [6, 6.07) is 0. The van der Waals surface area contributed by atoms with E-state index < -0.39 is 25.2 Å². The zero-order chi connectivity index (χ0) is 12.4. The van der Waals surface area contributed by atoms with Crippen LogP contribution in [0.4, 0.5) is 0 Å². The second kappa shape index (κ2) is 5.01. The van der Waals surface area contributed by atoms with Crippen LogP contribution in [0.15, 0.2) is 0 Å². The maximum atomic E-state index is 11.6. The van der Waals surface area contributed by atoms with E-state index in [0.717, 1.165) is 0 Å². The van der Waals surface area contributed by atoms with E-state index in [-0.39, 0.29) is 24.5 Å². The van der Waals surface area contributed by atoms with Gasteiger partial charge in [0.1, 0.15) is 5.25 Å². The average molecular weight is 270 g/mol. The highest BCUT2D eigenvalue weighted by atomic mass is 32.2. The summed E-state index contributed by atoms with van der Waals surface area (Å²) in [5.41, 5.74) is 0. The fraction of sp³-hybridized carbons (Fsp3) is 1.00. The second-order valence-electron chi connectivity index (χ2n) is 4.52. The third-order valence-electron chi connectivity index (χ3n) is 2.54. The van der Waals surface area contributed by atoms with E-state index >= 15 is 0 Å². The third-order valence-corrected chi connectivity index (χ3v) is 6.23. The molecule has 1 aliphatic rings. The highest BCUT2D eigenvalue weighted by molar-refractivity contribution is 7.94. The fourth-order valence-electron chi connectivity index (χ4n) is 1.48. The summed E-state index contributed by atoms with van der Waals surface area (Å²) >= 11 is 0. The molecule has 5 nitrogen and oxygen atoms in total. The Labute approximate surface area is 97.2 Å². The lowest BCUT2D eigenvalue weighted by atomic mass is 10.2. The van der Waals surface area contributed by atoms with Crippen LogP contribution in [0.25, 0.3) is 0 Å². The molecule has 0 amide bonds. The molecule has 0 bridgehead atoms. The van der Waals surface area contributed by atoms with Crippen molar-refractivity contribution in [1.82, 2.24) is 0 Å². The molecule has 1 rings (SSSR count). The molecule has 0 spiro atoms. The average Bonchev–Trinajstić information content (AvgIpc) is 2.45. The van der Waals surface area contributed by atoms with Gasteiger partial charge in [0.15, 0.2) is 9.84 Å². The van der Waals surface area contributed by atoms with Crippen LogP contribution in [0.3, 0.4) is 0 Å². The normalized spacial score (nSPS) is 25.1. The van der Waals surface area contributed by atoms with Gasteiger partial charge in [-0.05, 0) is 18.8 Å². The first kappa shape index (κ1) is 13.9. The largest absolute Gasteiger partial charge is 0.271 e. The molecular weight excluding hydrogens is 252 g/mol. The van der Waals surface area contributed by atoms with Crippen molar-refractivity contribution in [2.75, 3.05) is 18.1 Å². The summed E-state index contributed by atoms with van der Waals surface area (Å²) in [6.45, 7) is 4.07. The molecule has 0 N–H and O–H groups in total. The van der Waals surface area contributed by atoms with Gasteiger partial charge in [-0.2, -0.15) is 8.42 Å². The molecule has 0 aromatic heterocycles. The van der Waals surface area contributed by atoms with Crippen molar-refractivity contribution in [2.45, 2.75) is 31.9 Å². The zero-order valence-corrected chi connectivity index (χ0v) is 11.2.